The molecule has 1 aliphatic rings. The minimum Gasteiger partial charge on any atom is -0.387 e. The Bertz CT molecular complexity index is 895. The van der Waals surface area contributed by atoms with Gasteiger partial charge in [-0.3, -0.25) is 0 Å². The number of hydrogen-bond acceptors (Lipinski definition) is 4. The minimum atomic E-state index is 0.000202. The predicted molar refractivity (Wildman–Crippen MR) is 109 cm³/mol. The molecule has 5 heteroatoms. The van der Waals surface area contributed by atoms with Crippen molar-refractivity contribution >= 4 is 27.3 Å². The van der Waals surface area contributed by atoms with Crippen molar-refractivity contribution in [2.75, 3.05) is 0 Å². The maximum atomic E-state index is 6.06. The Kier molecular flexibility index (Phi) is 5.11. The second kappa shape index (κ2) is 7.66. The van der Waals surface area contributed by atoms with Crippen molar-refractivity contribution < 1.29 is 4.84 Å². The number of hydroxylamine groups is 2. The fourth-order valence-corrected chi connectivity index (χ4v) is 4.74. The summed E-state index contributed by atoms with van der Waals surface area (Å²) < 4.78 is 1.10. The minimum absolute atomic E-state index is 0.000202. The Morgan fingerprint density at radius 1 is 1.00 bits per heavy atom. The lowest BCUT2D eigenvalue weighted by atomic mass is 9.97. The SMILES string of the molecule is NC1=CC(c2ccc(Br)s2)N(C(Cc2ccccc2)c2ccccc2)O1. The van der Waals surface area contributed by atoms with E-state index in [1.165, 1.54) is 16.0 Å². The second-order valence-electron chi connectivity index (χ2n) is 6.22. The Balaban J connectivity index is 1.70. The van der Waals surface area contributed by atoms with Crippen LogP contribution in [0, 0.1) is 0 Å². The zero-order chi connectivity index (χ0) is 17.9. The number of rotatable bonds is 5. The molecule has 132 valence electrons. The standard InChI is InChI=1S/C21H19BrN2OS/c22-20-12-11-19(26-20)18-14-21(23)25-24(18)17(16-9-5-2-6-10-16)13-15-7-3-1-4-8-15/h1-12,14,17-18H,13,23H2. The van der Waals surface area contributed by atoms with Crippen LogP contribution in [0.4, 0.5) is 0 Å². The first-order chi connectivity index (χ1) is 12.7. The first-order valence-electron chi connectivity index (χ1n) is 8.48. The molecule has 0 saturated carbocycles. The normalized spacial score (nSPS) is 18.3. The number of nitrogens with two attached hydrogens (primary N) is 1. The molecule has 26 heavy (non-hydrogen) atoms. The van der Waals surface area contributed by atoms with Crippen LogP contribution in [0.15, 0.2) is 88.5 Å². The lowest BCUT2D eigenvalue weighted by molar-refractivity contribution is -0.153. The van der Waals surface area contributed by atoms with E-state index in [0.717, 1.165) is 10.2 Å². The van der Waals surface area contributed by atoms with E-state index in [1.54, 1.807) is 11.3 Å². The number of benzene rings is 2. The van der Waals surface area contributed by atoms with Crippen molar-refractivity contribution in [3.63, 3.8) is 0 Å². The van der Waals surface area contributed by atoms with Crippen LogP contribution in [0.25, 0.3) is 0 Å². The topological polar surface area (TPSA) is 38.5 Å². The maximum Gasteiger partial charge on any atom is 0.207 e. The van der Waals surface area contributed by atoms with E-state index in [4.69, 9.17) is 10.6 Å². The maximum absolute atomic E-state index is 6.06. The molecule has 0 aliphatic carbocycles. The average Bonchev–Trinajstić information content (AvgIpc) is 3.27. The van der Waals surface area contributed by atoms with Crippen molar-refractivity contribution in [1.82, 2.24) is 5.06 Å². The van der Waals surface area contributed by atoms with Gasteiger partial charge in [0.1, 0.15) is 6.04 Å². The van der Waals surface area contributed by atoms with E-state index in [9.17, 15) is 0 Å². The molecule has 2 atom stereocenters. The summed E-state index contributed by atoms with van der Waals surface area (Å²) >= 11 is 5.26. The molecule has 0 bridgehead atoms. The van der Waals surface area contributed by atoms with Crippen molar-refractivity contribution in [2.45, 2.75) is 18.5 Å². The van der Waals surface area contributed by atoms with Crippen LogP contribution in [0.2, 0.25) is 0 Å². The van der Waals surface area contributed by atoms with E-state index >= 15 is 0 Å². The van der Waals surface area contributed by atoms with E-state index in [2.05, 4.69) is 76.6 Å². The molecule has 0 amide bonds. The Hall–Kier alpha value is -2.08. The van der Waals surface area contributed by atoms with E-state index in [-0.39, 0.29) is 12.1 Å². The average molecular weight is 427 g/mol. The van der Waals surface area contributed by atoms with Gasteiger partial charge < -0.3 is 10.6 Å². The first-order valence-corrected chi connectivity index (χ1v) is 10.1. The van der Waals surface area contributed by atoms with E-state index < -0.39 is 0 Å². The van der Waals surface area contributed by atoms with Crippen LogP contribution in [-0.4, -0.2) is 5.06 Å². The monoisotopic (exact) mass is 426 g/mol. The van der Waals surface area contributed by atoms with Crippen molar-refractivity contribution in [3.05, 3.63) is 105 Å². The molecule has 0 saturated heterocycles. The van der Waals surface area contributed by atoms with Gasteiger partial charge in [0.25, 0.3) is 0 Å². The highest BCUT2D eigenvalue weighted by atomic mass is 79.9. The molecule has 3 aromatic rings. The quantitative estimate of drug-likeness (QED) is 0.578. The largest absolute Gasteiger partial charge is 0.387 e. The van der Waals surface area contributed by atoms with Crippen LogP contribution in [-0.2, 0) is 11.3 Å². The van der Waals surface area contributed by atoms with Gasteiger partial charge in [-0.2, -0.15) is 0 Å². The Morgan fingerprint density at radius 2 is 1.69 bits per heavy atom. The number of thiophene rings is 1. The summed E-state index contributed by atoms with van der Waals surface area (Å²) in [5, 5.41) is 2.02. The summed E-state index contributed by atoms with van der Waals surface area (Å²) in [6.07, 6.45) is 2.83. The Morgan fingerprint density at radius 3 is 2.35 bits per heavy atom. The van der Waals surface area contributed by atoms with Crippen molar-refractivity contribution in [2.24, 2.45) is 5.73 Å². The van der Waals surface area contributed by atoms with E-state index in [0.29, 0.717) is 5.88 Å². The molecule has 0 spiro atoms. The summed E-state index contributed by atoms with van der Waals surface area (Å²) in [5.41, 5.74) is 8.53. The van der Waals surface area contributed by atoms with Gasteiger partial charge in [-0.1, -0.05) is 60.7 Å². The molecule has 1 aliphatic heterocycles. The highest BCUT2D eigenvalue weighted by Crippen LogP contribution is 2.41. The zero-order valence-electron chi connectivity index (χ0n) is 14.1. The van der Waals surface area contributed by atoms with Gasteiger partial charge in [-0.25, -0.2) is 0 Å². The summed E-state index contributed by atoms with van der Waals surface area (Å²) in [6.45, 7) is 0. The van der Waals surface area contributed by atoms with Crippen LogP contribution in [0.3, 0.4) is 0 Å². The fourth-order valence-electron chi connectivity index (χ4n) is 3.26. The van der Waals surface area contributed by atoms with Crippen LogP contribution in [0.5, 0.6) is 0 Å². The lowest BCUT2D eigenvalue weighted by Gasteiger charge is -2.31. The van der Waals surface area contributed by atoms with Crippen molar-refractivity contribution in [3.8, 4) is 0 Å². The number of halogens is 1. The molecular weight excluding hydrogens is 408 g/mol. The molecule has 1 aromatic heterocycles. The first kappa shape index (κ1) is 17.3. The fraction of sp³-hybridized carbons (Fsp3) is 0.143. The number of hydrogen-bond donors (Lipinski definition) is 1. The molecule has 4 rings (SSSR count). The van der Waals surface area contributed by atoms with Gasteiger partial charge >= 0.3 is 0 Å². The van der Waals surface area contributed by atoms with Crippen LogP contribution in [0.1, 0.15) is 28.1 Å². The molecule has 0 radical (unpaired) electrons. The molecule has 0 fully saturated rings. The molecule has 2 unspecified atom stereocenters. The van der Waals surface area contributed by atoms with Crippen LogP contribution >= 0.6 is 27.3 Å². The third kappa shape index (κ3) is 3.70. The van der Waals surface area contributed by atoms with Gasteiger partial charge in [0, 0.05) is 11.0 Å². The molecule has 2 N–H and O–H groups in total. The summed E-state index contributed by atoms with van der Waals surface area (Å²) in [6, 6.07) is 25.2. The molecule has 3 nitrogen and oxygen atoms in total. The molecule has 2 aromatic carbocycles. The summed E-state index contributed by atoms with van der Waals surface area (Å²) in [4.78, 5) is 7.19. The Labute approximate surface area is 165 Å². The lowest BCUT2D eigenvalue weighted by Crippen LogP contribution is -2.30. The highest BCUT2D eigenvalue weighted by Gasteiger charge is 2.35. The second-order valence-corrected chi connectivity index (χ2v) is 8.72. The third-order valence-corrected chi connectivity index (χ3v) is 6.15. The van der Waals surface area contributed by atoms with Gasteiger partial charge in [0.2, 0.25) is 5.88 Å². The predicted octanol–water partition coefficient (Wildman–Crippen LogP) is 5.58. The third-order valence-electron chi connectivity index (χ3n) is 4.46. The van der Waals surface area contributed by atoms with Crippen molar-refractivity contribution in [1.29, 1.82) is 0 Å². The zero-order valence-corrected chi connectivity index (χ0v) is 16.5. The van der Waals surface area contributed by atoms with Gasteiger partial charge in [-0.05, 0) is 45.6 Å². The van der Waals surface area contributed by atoms with Gasteiger partial charge in [0.05, 0.1) is 9.83 Å². The summed E-state index contributed by atoms with van der Waals surface area (Å²) in [7, 11) is 0. The number of nitrogens with zero attached hydrogens (tertiary/aromatic N) is 1. The van der Waals surface area contributed by atoms with Gasteiger partial charge in [-0.15, -0.1) is 16.4 Å². The van der Waals surface area contributed by atoms with Gasteiger partial charge in [0.15, 0.2) is 0 Å². The van der Waals surface area contributed by atoms with Crippen LogP contribution < -0.4 is 5.73 Å². The molecule has 2 heterocycles. The molecular formula is C21H19BrN2OS. The smallest absolute Gasteiger partial charge is 0.207 e. The van der Waals surface area contributed by atoms with E-state index in [1.807, 2.05) is 23.3 Å². The highest BCUT2D eigenvalue weighted by molar-refractivity contribution is 9.11. The summed E-state index contributed by atoms with van der Waals surface area (Å²) in [5.74, 6) is 0.452.